The van der Waals surface area contributed by atoms with Gasteiger partial charge in [0.1, 0.15) is 5.75 Å². The fraction of sp³-hybridized carbons (Fsp3) is 0.417. The van der Waals surface area contributed by atoms with Gasteiger partial charge in [-0.25, -0.2) is 8.42 Å². The van der Waals surface area contributed by atoms with Crippen molar-refractivity contribution in [1.29, 1.82) is 0 Å². The molecule has 1 aromatic rings. The lowest BCUT2D eigenvalue weighted by Gasteiger charge is -2.10. The molecule has 0 bridgehead atoms. The lowest BCUT2D eigenvalue weighted by molar-refractivity contribution is 0.0941. The highest BCUT2D eigenvalue weighted by Crippen LogP contribution is 2.14. The molecule has 1 fully saturated rings. The van der Waals surface area contributed by atoms with Gasteiger partial charge in [-0.05, 0) is 30.7 Å². The second-order valence-corrected chi connectivity index (χ2v) is 6.53. The predicted molar refractivity (Wildman–Crippen MR) is 67.5 cm³/mol. The van der Waals surface area contributed by atoms with Crippen molar-refractivity contribution in [3.63, 3.8) is 0 Å². The molecule has 0 aliphatic carbocycles. The highest BCUT2D eigenvalue weighted by molar-refractivity contribution is 7.91. The quantitative estimate of drug-likeness (QED) is 0.872. The molecule has 1 heterocycles. The number of carbonyl (C=O) groups excluding carboxylic acids is 1. The van der Waals surface area contributed by atoms with Crippen LogP contribution in [0.3, 0.4) is 0 Å². The van der Waals surface area contributed by atoms with Gasteiger partial charge >= 0.3 is 0 Å². The van der Waals surface area contributed by atoms with Gasteiger partial charge in [-0.15, -0.1) is 0 Å². The van der Waals surface area contributed by atoms with Crippen LogP contribution in [0.4, 0.5) is 0 Å². The fourth-order valence-corrected chi connectivity index (χ4v) is 3.59. The predicted octanol–water partition coefficient (Wildman–Crippen LogP) is 0.612. The van der Waals surface area contributed by atoms with Crippen LogP contribution in [0.5, 0.6) is 5.75 Å². The normalized spacial score (nSPS) is 21.5. The summed E-state index contributed by atoms with van der Waals surface area (Å²) in [6.45, 7) is 0. The molecule has 0 radical (unpaired) electrons. The smallest absolute Gasteiger partial charge is 0.251 e. The minimum atomic E-state index is -2.97. The molecule has 1 aliphatic heterocycles. The van der Waals surface area contributed by atoms with Gasteiger partial charge in [-0.1, -0.05) is 0 Å². The Hall–Kier alpha value is -1.56. The Morgan fingerprint density at radius 2 is 2.00 bits per heavy atom. The molecule has 0 saturated carbocycles. The Kier molecular flexibility index (Phi) is 3.56. The van der Waals surface area contributed by atoms with Crippen molar-refractivity contribution in [2.75, 3.05) is 18.6 Å². The topological polar surface area (TPSA) is 72.5 Å². The number of nitrogens with one attached hydrogen (secondary N) is 1. The number of rotatable bonds is 3. The lowest BCUT2D eigenvalue weighted by atomic mass is 10.2. The van der Waals surface area contributed by atoms with Gasteiger partial charge in [-0.3, -0.25) is 4.79 Å². The molecule has 1 N–H and O–H groups in total. The summed E-state index contributed by atoms with van der Waals surface area (Å²) in [5, 5.41) is 2.73. The molecular weight excluding hydrogens is 254 g/mol. The van der Waals surface area contributed by atoms with E-state index in [9.17, 15) is 13.2 Å². The van der Waals surface area contributed by atoms with Crippen LogP contribution in [-0.2, 0) is 9.84 Å². The van der Waals surface area contributed by atoms with E-state index >= 15 is 0 Å². The number of sulfone groups is 1. The van der Waals surface area contributed by atoms with E-state index in [-0.39, 0.29) is 23.5 Å². The molecule has 1 atom stereocenters. The van der Waals surface area contributed by atoms with Crippen LogP contribution in [0.15, 0.2) is 24.3 Å². The summed E-state index contributed by atoms with van der Waals surface area (Å²) < 4.78 is 27.5. The first-order valence-corrected chi connectivity index (χ1v) is 7.48. The molecule has 5 nitrogen and oxygen atoms in total. The van der Waals surface area contributed by atoms with Crippen molar-refractivity contribution in [2.24, 2.45) is 0 Å². The van der Waals surface area contributed by atoms with Gasteiger partial charge in [0.25, 0.3) is 5.91 Å². The van der Waals surface area contributed by atoms with Crippen LogP contribution in [0.1, 0.15) is 16.8 Å². The van der Waals surface area contributed by atoms with Crippen LogP contribution in [0, 0.1) is 0 Å². The number of hydrogen-bond acceptors (Lipinski definition) is 4. The Morgan fingerprint density at radius 3 is 2.50 bits per heavy atom. The molecule has 2 rings (SSSR count). The van der Waals surface area contributed by atoms with Gasteiger partial charge in [0.2, 0.25) is 0 Å². The van der Waals surface area contributed by atoms with Crippen molar-refractivity contribution in [3.8, 4) is 5.75 Å². The maximum Gasteiger partial charge on any atom is 0.251 e. The average molecular weight is 269 g/mol. The number of amides is 1. The van der Waals surface area contributed by atoms with Crippen molar-refractivity contribution >= 4 is 15.7 Å². The monoisotopic (exact) mass is 269 g/mol. The van der Waals surface area contributed by atoms with E-state index in [0.29, 0.717) is 17.7 Å². The molecule has 0 aromatic heterocycles. The van der Waals surface area contributed by atoms with Crippen LogP contribution < -0.4 is 10.1 Å². The fourth-order valence-electron chi connectivity index (χ4n) is 1.92. The number of carbonyl (C=O) groups is 1. The van der Waals surface area contributed by atoms with Crippen LogP contribution in [0.2, 0.25) is 0 Å². The Balaban J connectivity index is 1.99. The third-order valence-corrected chi connectivity index (χ3v) is 4.69. The number of hydrogen-bond donors (Lipinski definition) is 1. The van der Waals surface area contributed by atoms with Crippen molar-refractivity contribution in [3.05, 3.63) is 29.8 Å². The van der Waals surface area contributed by atoms with E-state index in [1.165, 1.54) is 0 Å². The lowest BCUT2D eigenvalue weighted by Crippen LogP contribution is -2.35. The standard InChI is InChI=1S/C12H15NO4S/c1-17-11-4-2-9(3-5-11)12(14)13-10-6-7-18(15,16)8-10/h2-5,10H,6-8H2,1H3,(H,13,14). The largest absolute Gasteiger partial charge is 0.497 e. The molecule has 0 spiro atoms. The van der Waals surface area contributed by atoms with Crippen molar-refractivity contribution < 1.29 is 17.9 Å². The molecule has 1 aliphatic rings. The van der Waals surface area contributed by atoms with Crippen molar-refractivity contribution in [1.82, 2.24) is 5.32 Å². The average Bonchev–Trinajstić information content (AvgIpc) is 2.68. The van der Waals surface area contributed by atoms with Gasteiger partial charge in [-0.2, -0.15) is 0 Å². The third-order valence-electron chi connectivity index (χ3n) is 2.92. The molecule has 1 unspecified atom stereocenters. The third kappa shape index (κ3) is 3.01. The Morgan fingerprint density at radius 1 is 1.33 bits per heavy atom. The first-order valence-electron chi connectivity index (χ1n) is 5.65. The molecule has 1 amide bonds. The Labute approximate surface area is 106 Å². The van der Waals surface area contributed by atoms with E-state index in [4.69, 9.17) is 4.74 Å². The van der Waals surface area contributed by atoms with Crippen LogP contribution in [-0.4, -0.2) is 39.0 Å². The van der Waals surface area contributed by atoms with Gasteiger partial charge in [0, 0.05) is 11.6 Å². The summed E-state index contributed by atoms with van der Waals surface area (Å²) in [4.78, 5) is 11.9. The summed E-state index contributed by atoms with van der Waals surface area (Å²) in [6, 6.07) is 6.42. The van der Waals surface area contributed by atoms with E-state index in [0.717, 1.165) is 0 Å². The van der Waals surface area contributed by atoms with E-state index in [1.807, 2.05) is 0 Å². The highest BCUT2D eigenvalue weighted by Gasteiger charge is 2.29. The molecule has 6 heteroatoms. The zero-order valence-electron chi connectivity index (χ0n) is 10.0. The number of benzene rings is 1. The summed E-state index contributed by atoms with van der Waals surface area (Å²) >= 11 is 0. The first-order chi connectivity index (χ1) is 8.50. The maximum atomic E-state index is 11.9. The highest BCUT2D eigenvalue weighted by atomic mass is 32.2. The summed E-state index contributed by atoms with van der Waals surface area (Å²) in [5.41, 5.74) is 0.500. The van der Waals surface area contributed by atoms with Crippen LogP contribution in [0.25, 0.3) is 0 Å². The second kappa shape index (κ2) is 4.97. The number of methoxy groups -OCH3 is 1. The van der Waals surface area contributed by atoms with Gasteiger partial charge < -0.3 is 10.1 Å². The Bertz CT molecular complexity index is 536. The zero-order valence-corrected chi connectivity index (χ0v) is 10.9. The van der Waals surface area contributed by atoms with Crippen molar-refractivity contribution in [2.45, 2.75) is 12.5 Å². The second-order valence-electron chi connectivity index (χ2n) is 4.30. The first kappa shape index (κ1) is 12.9. The number of ether oxygens (including phenoxy) is 1. The molecule has 1 aromatic carbocycles. The molecule has 18 heavy (non-hydrogen) atoms. The van der Waals surface area contributed by atoms with E-state index < -0.39 is 9.84 Å². The SMILES string of the molecule is COc1ccc(C(=O)NC2CCS(=O)(=O)C2)cc1. The van der Waals surface area contributed by atoms with E-state index in [1.54, 1.807) is 31.4 Å². The minimum absolute atomic E-state index is 0.0366. The molecular formula is C12H15NO4S. The summed E-state index contributed by atoms with van der Waals surface area (Å²) in [6.07, 6.45) is 0.490. The molecule has 1 saturated heterocycles. The molecule has 98 valence electrons. The van der Waals surface area contributed by atoms with E-state index in [2.05, 4.69) is 5.32 Å². The zero-order chi connectivity index (χ0) is 13.2. The summed E-state index contributed by atoms with van der Waals surface area (Å²) in [7, 11) is -1.41. The van der Waals surface area contributed by atoms with Gasteiger partial charge in [0.05, 0.1) is 18.6 Å². The summed E-state index contributed by atoms with van der Waals surface area (Å²) in [5.74, 6) is 0.616. The van der Waals surface area contributed by atoms with Gasteiger partial charge in [0.15, 0.2) is 9.84 Å². The maximum absolute atomic E-state index is 11.9. The van der Waals surface area contributed by atoms with Crippen LogP contribution >= 0.6 is 0 Å². The minimum Gasteiger partial charge on any atom is -0.497 e.